The molecule has 0 spiro atoms. The lowest BCUT2D eigenvalue weighted by atomic mass is 9.96. The third-order valence-corrected chi connectivity index (χ3v) is 2.13. The van der Waals surface area contributed by atoms with Crippen molar-refractivity contribution in [2.24, 2.45) is 0 Å². The molecule has 0 aromatic carbocycles. The second-order valence-electron chi connectivity index (χ2n) is 3.03. The second-order valence-corrected chi connectivity index (χ2v) is 3.03. The van der Waals surface area contributed by atoms with E-state index in [1.54, 1.807) is 6.92 Å². The molecule has 5 heteroatoms. The second kappa shape index (κ2) is 3.68. The van der Waals surface area contributed by atoms with Crippen LogP contribution in [0.5, 0.6) is 0 Å². The van der Waals surface area contributed by atoms with Gasteiger partial charge in [0.25, 0.3) is 0 Å². The fourth-order valence-corrected chi connectivity index (χ4v) is 1.29. The molecule has 0 aromatic heterocycles. The van der Waals surface area contributed by atoms with E-state index < -0.39 is 30.5 Å². The number of aliphatic hydroxyl groups excluding tert-OH is 4. The molecule has 0 amide bonds. The van der Waals surface area contributed by atoms with Crippen molar-refractivity contribution in [2.45, 2.75) is 37.4 Å². The maximum atomic E-state index is 9.23. The van der Waals surface area contributed by atoms with E-state index in [2.05, 4.69) is 0 Å². The largest absolute Gasteiger partial charge is 0.394 e. The van der Waals surface area contributed by atoms with Crippen LogP contribution < -0.4 is 0 Å². The minimum atomic E-state index is -1.24. The summed E-state index contributed by atoms with van der Waals surface area (Å²) in [5, 5.41) is 36.4. The summed E-state index contributed by atoms with van der Waals surface area (Å²) >= 11 is 0. The topological polar surface area (TPSA) is 90.2 Å². The van der Waals surface area contributed by atoms with Gasteiger partial charge < -0.3 is 25.2 Å². The Labute approximate surface area is 70.2 Å². The van der Waals surface area contributed by atoms with Gasteiger partial charge in [-0.25, -0.2) is 0 Å². The first-order valence-corrected chi connectivity index (χ1v) is 3.88. The van der Waals surface area contributed by atoms with Gasteiger partial charge in [-0.2, -0.15) is 0 Å². The molecule has 1 fully saturated rings. The first-order chi connectivity index (χ1) is 5.57. The van der Waals surface area contributed by atoms with Crippen LogP contribution in [0.3, 0.4) is 0 Å². The molecule has 0 saturated carbocycles. The lowest BCUT2D eigenvalue weighted by Gasteiger charge is -2.38. The average molecular weight is 178 g/mol. The van der Waals surface area contributed by atoms with Gasteiger partial charge >= 0.3 is 0 Å². The molecule has 0 radical (unpaired) electrons. The Morgan fingerprint density at radius 1 is 1.08 bits per heavy atom. The fraction of sp³-hybridized carbons (Fsp3) is 1.00. The highest BCUT2D eigenvalue weighted by Crippen LogP contribution is 2.20. The number of ether oxygens (including phenoxy) is 1. The molecule has 1 aliphatic heterocycles. The first-order valence-electron chi connectivity index (χ1n) is 3.88. The van der Waals surface area contributed by atoms with Crippen molar-refractivity contribution in [2.75, 3.05) is 6.61 Å². The monoisotopic (exact) mass is 178 g/mol. The standard InChI is InChI=1S/C7H14O5/c1-3-5(9)7(11)6(10)4(2-8)12-3/h3-11H,2H2,1H3. The molecule has 0 aromatic rings. The van der Waals surface area contributed by atoms with Crippen LogP contribution in [-0.2, 0) is 4.74 Å². The van der Waals surface area contributed by atoms with Crippen molar-refractivity contribution >= 4 is 0 Å². The minimum Gasteiger partial charge on any atom is -0.394 e. The third-order valence-electron chi connectivity index (χ3n) is 2.13. The van der Waals surface area contributed by atoms with Crippen LogP contribution in [0.1, 0.15) is 6.92 Å². The quantitative estimate of drug-likeness (QED) is 0.367. The maximum absolute atomic E-state index is 9.23. The summed E-state index contributed by atoms with van der Waals surface area (Å²) < 4.78 is 5.02. The minimum absolute atomic E-state index is 0.366. The molecular formula is C7H14O5. The van der Waals surface area contributed by atoms with E-state index in [9.17, 15) is 15.3 Å². The summed E-state index contributed by atoms with van der Waals surface area (Å²) in [4.78, 5) is 0. The molecule has 5 unspecified atom stereocenters. The molecular weight excluding hydrogens is 164 g/mol. The van der Waals surface area contributed by atoms with Crippen LogP contribution in [-0.4, -0.2) is 57.6 Å². The van der Waals surface area contributed by atoms with E-state index >= 15 is 0 Å². The van der Waals surface area contributed by atoms with Crippen LogP contribution in [0.2, 0.25) is 0 Å². The van der Waals surface area contributed by atoms with Crippen molar-refractivity contribution in [1.29, 1.82) is 0 Å². The normalized spacial score (nSPS) is 49.2. The van der Waals surface area contributed by atoms with Crippen LogP contribution in [0.25, 0.3) is 0 Å². The summed E-state index contributed by atoms with van der Waals surface area (Å²) in [5.74, 6) is 0. The Balaban J connectivity index is 2.63. The molecule has 1 saturated heterocycles. The van der Waals surface area contributed by atoms with E-state index in [1.807, 2.05) is 0 Å². The Hall–Kier alpha value is -0.200. The summed E-state index contributed by atoms with van der Waals surface area (Å²) in [5.41, 5.74) is 0. The van der Waals surface area contributed by atoms with Crippen molar-refractivity contribution in [3.05, 3.63) is 0 Å². The van der Waals surface area contributed by atoms with E-state index in [0.29, 0.717) is 0 Å². The highest BCUT2D eigenvalue weighted by Gasteiger charge is 2.41. The molecule has 0 bridgehead atoms. The zero-order chi connectivity index (χ0) is 9.30. The first kappa shape index (κ1) is 9.88. The summed E-state index contributed by atoms with van der Waals surface area (Å²) in [7, 11) is 0. The molecule has 1 rings (SSSR count). The Morgan fingerprint density at radius 3 is 2.17 bits per heavy atom. The maximum Gasteiger partial charge on any atom is 0.111 e. The number of hydrogen-bond donors (Lipinski definition) is 4. The molecule has 72 valence electrons. The van der Waals surface area contributed by atoms with Crippen LogP contribution >= 0.6 is 0 Å². The third kappa shape index (κ3) is 1.60. The zero-order valence-corrected chi connectivity index (χ0v) is 6.79. The number of aliphatic hydroxyl groups is 4. The summed E-state index contributed by atoms with van der Waals surface area (Å²) in [6.45, 7) is 1.21. The number of rotatable bonds is 1. The van der Waals surface area contributed by atoms with Gasteiger partial charge in [-0.1, -0.05) is 0 Å². The van der Waals surface area contributed by atoms with Gasteiger partial charge in [-0.15, -0.1) is 0 Å². The van der Waals surface area contributed by atoms with Gasteiger partial charge in [0.1, 0.15) is 24.4 Å². The van der Waals surface area contributed by atoms with Crippen molar-refractivity contribution < 1.29 is 25.2 Å². The SMILES string of the molecule is CC1OC(CO)C(O)C(O)C1O. The Morgan fingerprint density at radius 2 is 1.67 bits per heavy atom. The average Bonchev–Trinajstić information content (AvgIpc) is 2.08. The molecule has 4 N–H and O–H groups in total. The van der Waals surface area contributed by atoms with Gasteiger partial charge in [0.2, 0.25) is 0 Å². The predicted molar refractivity (Wildman–Crippen MR) is 39.4 cm³/mol. The lowest BCUT2D eigenvalue weighted by molar-refractivity contribution is -0.224. The van der Waals surface area contributed by atoms with Crippen LogP contribution in [0.15, 0.2) is 0 Å². The van der Waals surface area contributed by atoms with Crippen LogP contribution in [0, 0.1) is 0 Å². The molecule has 5 nitrogen and oxygen atoms in total. The molecule has 0 aliphatic carbocycles. The van der Waals surface area contributed by atoms with E-state index in [4.69, 9.17) is 9.84 Å². The zero-order valence-electron chi connectivity index (χ0n) is 6.79. The van der Waals surface area contributed by atoms with E-state index in [1.165, 1.54) is 0 Å². The van der Waals surface area contributed by atoms with Gasteiger partial charge in [0.05, 0.1) is 12.7 Å². The van der Waals surface area contributed by atoms with Gasteiger partial charge in [0, 0.05) is 0 Å². The van der Waals surface area contributed by atoms with Crippen molar-refractivity contribution in [1.82, 2.24) is 0 Å². The molecule has 1 aliphatic rings. The Bertz CT molecular complexity index is 146. The smallest absolute Gasteiger partial charge is 0.111 e. The van der Waals surface area contributed by atoms with Gasteiger partial charge in [-0.05, 0) is 6.92 Å². The summed E-state index contributed by atoms with van der Waals surface area (Å²) in [6, 6.07) is 0. The lowest BCUT2D eigenvalue weighted by Crippen LogP contribution is -2.57. The van der Waals surface area contributed by atoms with Gasteiger partial charge in [0.15, 0.2) is 0 Å². The highest BCUT2D eigenvalue weighted by atomic mass is 16.5. The summed E-state index contributed by atoms with van der Waals surface area (Å²) in [6.07, 6.45) is -4.94. The van der Waals surface area contributed by atoms with E-state index in [0.717, 1.165) is 0 Å². The van der Waals surface area contributed by atoms with Crippen molar-refractivity contribution in [3.63, 3.8) is 0 Å². The fourth-order valence-electron chi connectivity index (χ4n) is 1.29. The number of hydrogen-bond acceptors (Lipinski definition) is 5. The predicted octanol–water partition coefficient (Wildman–Crippen LogP) is -2.15. The van der Waals surface area contributed by atoms with Crippen LogP contribution in [0.4, 0.5) is 0 Å². The highest BCUT2D eigenvalue weighted by molar-refractivity contribution is 4.89. The van der Waals surface area contributed by atoms with E-state index in [-0.39, 0.29) is 6.61 Å². The molecule has 1 heterocycles. The van der Waals surface area contributed by atoms with Crippen molar-refractivity contribution in [3.8, 4) is 0 Å². The van der Waals surface area contributed by atoms with Gasteiger partial charge in [-0.3, -0.25) is 0 Å². The molecule has 5 atom stereocenters. The molecule has 12 heavy (non-hydrogen) atoms. The Kier molecular flexibility index (Phi) is 3.03.